The Kier molecular flexibility index (Phi) is 5.20. The monoisotopic (exact) mass is 343 g/mol. The Morgan fingerprint density at radius 2 is 1.71 bits per heavy atom. The molecule has 132 valence electrons. The summed E-state index contributed by atoms with van der Waals surface area (Å²) in [6.45, 7) is 3.62. The topological polar surface area (TPSA) is 57.6 Å². The molecule has 1 aromatic carbocycles. The van der Waals surface area contributed by atoms with Crippen LogP contribution in [0.3, 0.4) is 0 Å². The van der Waals surface area contributed by atoms with Gasteiger partial charge in [0.15, 0.2) is 0 Å². The van der Waals surface area contributed by atoms with Gasteiger partial charge in [-0.3, -0.25) is 4.79 Å². The fraction of sp³-hybridized carbons (Fsp3) is 0.529. The lowest BCUT2D eigenvalue weighted by atomic mass is 9.90. The van der Waals surface area contributed by atoms with E-state index >= 15 is 0 Å². The van der Waals surface area contributed by atoms with E-state index in [4.69, 9.17) is 0 Å². The van der Waals surface area contributed by atoms with Gasteiger partial charge in [-0.25, -0.2) is 4.79 Å². The number of piperidine rings is 1. The van der Waals surface area contributed by atoms with Gasteiger partial charge in [-0.05, 0) is 36.5 Å². The van der Waals surface area contributed by atoms with Crippen LogP contribution in [0.15, 0.2) is 18.2 Å². The van der Waals surface area contributed by atoms with Gasteiger partial charge in [-0.1, -0.05) is 19.9 Å². The van der Waals surface area contributed by atoms with Crippen LogP contribution < -0.4 is 0 Å². The summed E-state index contributed by atoms with van der Waals surface area (Å²) in [5.74, 6) is -3.09. The Balaban J connectivity index is 2.25. The van der Waals surface area contributed by atoms with E-state index in [1.54, 1.807) is 19.9 Å². The van der Waals surface area contributed by atoms with Crippen LogP contribution in [0.1, 0.15) is 58.9 Å². The van der Waals surface area contributed by atoms with Crippen molar-refractivity contribution in [3.63, 3.8) is 0 Å². The first-order valence-corrected chi connectivity index (χ1v) is 7.85. The molecule has 1 fully saturated rings. The standard InChI is InChI=1S/C17H20F3NO3/c1-10(2)14-12(4-3-5-13(14)16(23)24)15(22)21-8-6-11(7-9-21)17(18,19)20/h3-5,10-11H,6-9H2,1-2H3,(H,23,24). The molecule has 1 amide bonds. The van der Waals surface area contributed by atoms with Crippen molar-refractivity contribution < 1.29 is 27.9 Å². The SMILES string of the molecule is CC(C)c1c(C(=O)O)cccc1C(=O)N1CCC(C(F)(F)F)CC1. The van der Waals surface area contributed by atoms with Crippen molar-refractivity contribution in [3.8, 4) is 0 Å². The summed E-state index contributed by atoms with van der Waals surface area (Å²) in [7, 11) is 0. The van der Waals surface area contributed by atoms with E-state index in [-0.39, 0.29) is 43.0 Å². The molecular weight excluding hydrogens is 323 g/mol. The van der Waals surface area contributed by atoms with Crippen LogP contribution in [0.25, 0.3) is 0 Å². The molecule has 1 N–H and O–H groups in total. The average molecular weight is 343 g/mol. The number of carbonyl (C=O) groups excluding carboxylic acids is 1. The summed E-state index contributed by atoms with van der Waals surface area (Å²) in [5, 5.41) is 9.31. The third kappa shape index (κ3) is 3.71. The van der Waals surface area contributed by atoms with E-state index in [0.29, 0.717) is 5.56 Å². The highest BCUT2D eigenvalue weighted by Gasteiger charge is 2.42. The Labute approximate surface area is 138 Å². The number of carboxylic acids is 1. The zero-order valence-corrected chi connectivity index (χ0v) is 13.6. The van der Waals surface area contributed by atoms with E-state index in [1.165, 1.54) is 17.0 Å². The lowest BCUT2D eigenvalue weighted by Gasteiger charge is -2.33. The van der Waals surface area contributed by atoms with Crippen LogP contribution >= 0.6 is 0 Å². The molecule has 0 atom stereocenters. The van der Waals surface area contributed by atoms with Gasteiger partial charge < -0.3 is 10.0 Å². The summed E-state index contributed by atoms with van der Waals surface area (Å²) in [4.78, 5) is 25.5. The van der Waals surface area contributed by atoms with Gasteiger partial charge in [0, 0.05) is 18.7 Å². The molecule has 0 bridgehead atoms. The van der Waals surface area contributed by atoms with E-state index in [2.05, 4.69) is 0 Å². The van der Waals surface area contributed by atoms with Gasteiger partial charge in [0.1, 0.15) is 0 Å². The van der Waals surface area contributed by atoms with Crippen LogP contribution in [0, 0.1) is 5.92 Å². The zero-order chi connectivity index (χ0) is 18.1. The molecule has 0 saturated carbocycles. The number of likely N-dealkylation sites (tertiary alicyclic amines) is 1. The van der Waals surface area contributed by atoms with Gasteiger partial charge in [-0.15, -0.1) is 0 Å². The quantitative estimate of drug-likeness (QED) is 0.905. The summed E-state index contributed by atoms with van der Waals surface area (Å²) in [6.07, 6.45) is -4.47. The Morgan fingerprint density at radius 3 is 2.17 bits per heavy atom. The summed E-state index contributed by atoms with van der Waals surface area (Å²) in [6, 6.07) is 4.47. The van der Waals surface area contributed by atoms with E-state index < -0.39 is 24.0 Å². The number of hydrogen-bond donors (Lipinski definition) is 1. The third-order valence-corrected chi connectivity index (χ3v) is 4.39. The van der Waals surface area contributed by atoms with E-state index in [0.717, 1.165) is 0 Å². The number of alkyl halides is 3. The van der Waals surface area contributed by atoms with E-state index in [9.17, 15) is 27.9 Å². The summed E-state index contributed by atoms with van der Waals surface area (Å²) in [5.41, 5.74) is 0.740. The number of carbonyl (C=O) groups is 2. The van der Waals surface area contributed by atoms with Crippen molar-refractivity contribution in [3.05, 3.63) is 34.9 Å². The maximum absolute atomic E-state index is 12.7. The third-order valence-electron chi connectivity index (χ3n) is 4.39. The van der Waals surface area contributed by atoms with Crippen LogP contribution in [-0.4, -0.2) is 41.1 Å². The van der Waals surface area contributed by atoms with Gasteiger partial charge in [0.25, 0.3) is 5.91 Å². The molecule has 24 heavy (non-hydrogen) atoms. The minimum absolute atomic E-state index is 0.0256. The molecular formula is C17H20F3NO3. The molecule has 0 spiro atoms. The van der Waals surface area contributed by atoms with Gasteiger partial charge in [-0.2, -0.15) is 13.2 Å². The molecule has 1 saturated heterocycles. The van der Waals surface area contributed by atoms with Crippen molar-refractivity contribution in [1.82, 2.24) is 4.90 Å². The predicted molar refractivity (Wildman–Crippen MR) is 82.2 cm³/mol. The zero-order valence-electron chi connectivity index (χ0n) is 13.6. The molecule has 4 nitrogen and oxygen atoms in total. The average Bonchev–Trinajstić information content (AvgIpc) is 2.52. The van der Waals surface area contributed by atoms with Crippen molar-refractivity contribution >= 4 is 11.9 Å². The summed E-state index contributed by atoms with van der Waals surface area (Å²) >= 11 is 0. The number of halogens is 3. The predicted octanol–water partition coefficient (Wildman–Crippen LogP) is 3.92. The molecule has 0 radical (unpaired) electrons. The Bertz CT molecular complexity index is 632. The second kappa shape index (κ2) is 6.83. The molecule has 1 aliphatic rings. The van der Waals surface area contributed by atoms with Crippen molar-refractivity contribution in [1.29, 1.82) is 0 Å². The lowest BCUT2D eigenvalue weighted by molar-refractivity contribution is -0.183. The lowest BCUT2D eigenvalue weighted by Crippen LogP contribution is -2.42. The Hall–Kier alpha value is -2.05. The van der Waals surface area contributed by atoms with Crippen LogP contribution in [0.5, 0.6) is 0 Å². The fourth-order valence-electron chi connectivity index (χ4n) is 3.14. The fourth-order valence-corrected chi connectivity index (χ4v) is 3.14. The maximum atomic E-state index is 12.7. The van der Waals surface area contributed by atoms with Gasteiger partial charge in [0.2, 0.25) is 0 Å². The first-order valence-electron chi connectivity index (χ1n) is 7.85. The minimum atomic E-state index is -4.23. The molecule has 1 aliphatic heterocycles. The largest absolute Gasteiger partial charge is 0.478 e. The number of amides is 1. The molecule has 0 aliphatic carbocycles. The molecule has 1 aromatic rings. The number of nitrogens with zero attached hydrogens (tertiary/aromatic N) is 1. The Morgan fingerprint density at radius 1 is 1.17 bits per heavy atom. The van der Waals surface area contributed by atoms with Gasteiger partial charge >= 0.3 is 12.1 Å². The highest BCUT2D eigenvalue weighted by atomic mass is 19.4. The number of aromatic carboxylic acids is 1. The van der Waals surface area contributed by atoms with Crippen LogP contribution in [0.2, 0.25) is 0 Å². The van der Waals surface area contributed by atoms with Crippen LogP contribution in [0.4, 0.5) is 13.2 Å². The molecule has 0 unspecified atom stereocenters. The minimum Gasteiger partial charge on any atom is -0.478 e. The molecule has 0 aromatic heterocycles. The maximum Gasteiger partial charge on any atom is 0.391 e. The van der Waals surface area contributed by atoms with Crippen LogP contribution in [-0.2, 0) is 0 Å². The first kappa shape index (κ1) is 18.3. The first-order chi connectivity index (χ1) is 11.1. The summed E-state index contributed by atoms with van der Waals surface area (Å²) < 4.78 is 38.2. The number of rotatable bonds is 3. The van der Waals surface area contributed by atoms with Crippen molar-refractivity contribution in [2.45, 2.75) is 38.8 Å². The second-order valence-electron chi connectivity index (χ2n) is 6.33. The number of carboxylic acid groups (broad SMARTS) is 1. The molecule has 7 heteroatoms. The highest BCUT2D eigenvalue weighted by molar-refractivity contribution is 6.00. The highest BCUT2D eigenvalue weighted by Crippen LogP contribution is 2.35. The second-order valence-corrected chi connectivity index (χ2v) is 6.33. The normalized spacial score (nSPS) is 16.5. The number of hydrogen-bond acceptors (Lipinski definition) is 2. The molecule has 2 rings (SSSR count). The number of benzene rings is 1. The van der Waals surface area contributed by atoms with Gasteiger partial charge in [0.05, 0.1) is 11.5 Å². The smallest absolute Gasteiger partial charge is 0.391 e. The van der Waals surface area contributed by atoms with Crippen molar-refractivity contribution in [2.75, 3.05) is 13.1 Å². The van der Waals surface area contributed by atoms with Crippen molar-refractivity contribution in [2.24, 2.45) is 5.92 Å². The molecule has 1 heterocycles. The van der Waals surface area contributed by atoms with E-state index in [1.807, 2.05) is 0 Å².